The summed E-state index contributed by atoms with van der Waals surface area (Å²) in [5.41, 5.74) is 0. The number of Topliss-reactive ketones (excluding diaryl/α,β-unsaturated/α-hetero) is 1. The number of ketones is 1. The van der Waals surface area contributed by atoms with Crippen molar-refractivity contribution in [3.63, 3.8) is 0 Å². The van der Waals surface area contributed by atoms with Gasteiger partial charge in [-0.2, -0.15) is 0 Å². The van der Waals surface area contributed by atoms with Gasteiger partial charge in [0, 0.05) is 0 Å². The second-order valence-corrected chi connectivity index (χ2v) is 7.24. The van der Waals surface area contributed by atoms with Gasteiger partial charge in [0.1, 0.15) is 0 Å². The molecule has 1 aromatic rings. The molecule has 4 heteroatoms. The Morgan fingerprint density at radius 1 is 1.31 bits per heavy atom. The number of alkyl halides is 1. The standard InChI is InChI=1S/C12H11ClO2Se/c13-10-11-8(14)6-9(15-11)12(10)16-7-4-2-1-3-5-7/h1-5,9-12H,6H2/t9-,10-,11+,12-/m1/s1. The van der Waals surface area contributed by atoms with E-state index in [-0.39, 0.29) is 23.4 Å². The summed E-state index contributed by atoms with van der Waals surface area (Å²) in [7, 11) is 0. The van der Waals surface area contributed by atoms with Gasteiger partial charge in [-0.1, -0.05) is 0 Å². The van der Waals surface area contributed by atoms with Gasteiger partial charge in [0.05, 0.1) is 0 Å². The minimum absolute atomic E-state index is 0.0696. The molecule has 4 atom stereocenters. The Morgan fingerprint density at radius 3 is 2.69 bits per heavy atom. The van der Waals surface area contributed by atoms with Gasteiger partial charge in [0.2, 0.25) is 0 Å². The van der Waals surface area contributed by atoms with Crippen LogP contribution in [0, 0.1) is 0 Å². The molecule has 84 valence electrons. The van der Waals surface area contributed by atoms with Crippen molar-refractivity contribution in [3.05, 3.63) is 30.3 Å². The van der Waals surface area contributed by atoms with Crippen LogP contribution in [0.25, 0.3) is 0 Å². The summed E-state index contributed by atoms with van der Waals surface area (Å²) in [6, 6.07) is 10.3. The zero-order valence-electron chi connectivity index (χ0n) is 8.51. The number of halogens is 1. The number of carbonyl (C=O) groups is 1. The van der Waals surface area contributed by atoms with Gasteiger partial charge < -0.3 is 0 Å². The van der Waals surface area contributed by atoms with Crippen molar-refractivity contribution < 1.29 is 9.53 Å². The Hall–Kier alpha value is -0.341. The molecule has 2 heterocycles. The van der Waals surface area contributed by atoms with Crippen LogP contribution in [0.3, 0.4) is 0 Å². The summed E-state index contributed by atoms with van der Waals surface area (Å²) in [6.45, 7) is 0. The van der Waals surface area contributed by atoms with E-state index in [0.29, 0.717) is 26.2 Å². The number of carbonyl (C=O) groups excluding carboxylic acids is 1. The van der Waals surface area contributed by atoms with Gasteiger partial charge in [-0.3, -0.25) is 0 Å². The Morgan fingerprint density at radius 2 is 2.06 bits per heavy atom. The molecule has 2 saturated heterocycles. The van der Waals surface area contributed by atoms with E-state index in [1.807, 2.05) is 18.2 Å². The second kappa shape index (κ2) is 4.15. The number of rotatable bonds is 2. The fourth-order valence-electron chi connectivity index (χ4n) is 2.25. The summed E-state index contributed by atoms with van der Waals surface area (Å²) >= 11 is 6.59. The molecule has 0 spiro atoms. The third-order valence-corrected chi connectivity index (χ3v) is 6.83. The average molecular weight is 302 g/mol. The van der Waals surface area contributed by atoms with E-state index in [0.717, 1.165) is 0 Å². The van der Waals surface area contributed by atoms with Crippen LogP contribution in [0.15, 0.2) is 30.3 Å². The molecule has 0 radical (unpaired) electrons. The van der Waals surface area contributed by atoms with Crippen LogP contribution < -0.4 is 4.46 Å². The first-order chi connectivity index (χ1) is 7.75. The Bertz CT molecular complexity index is 407. The molecular formula is C12H11ClO2Se. The van der Waals surface area contributed by atoms with Crippen LogP contribution in [-0.2, 0) is 9.53 Å². The molecule has 2 fully saturated rings. The van der Waals surface area contributed by atoms with E-state index < -0.39 is 0 Å². The molecule has 0 amide bonds. The second-order valence-electron chi connectivity index (χ2n) is 4.11. The number of hydrogen-bond donors (Lipinski definition) is 0. The van der Waals surface area contributed by atoms with Crippen molar-refractivity contribution in [1.82, 2.24) is 0 Å². The molecule has 0 unspecified atom stereocenters. The SMILES string of the molecule is O=C1C[C@H]2O[C@@H]1[C@@H](Cl)[C@@H]2[Se]c1ccccc1. The average Bonchev–Trinajstić information content (AvgIpc) is 2.80. The summed E-state index contributed by atoms with van der Waals surface area (Å²) in [4.78, 5) is 11.8. The van der Waals surface area contributed by atoms with E-state index in [4.69, 9.17) is 16.3 Å². The third-order valence-electron chi connectivity index (χ3n) is 3.03. The topological polar surface area (TPSA) is 26.3 Å². The van der Waals surface area contributed by atoms with Gasteiger partial charge >= 0.3 is 105 Å². The minimum atomic E-state index is -0.331. The van der Waals surface area contributed by atoms with Crippen molar-refractivity contribution in [2.75, 3.05) is 0 Å². The molecule has 2 bridgehead atoms. The van der Waals surface area contributed by atoms with Gasteiger partial charge in [-0.15, -0.1) is 0 Å². The van der Waals surface area contributed by atoms with E-state index in [1.54, 1.807) is 0 Å². The van der Waals surface area contributed by atoms with Crippen molar-refractivity contribution >= 4 is 36.8 Å². The van der Waals surface area contributed by atoms with E-state index in [9.17, 15) is 4.79 Å². The number of hydrogen-bond acceptors (Lipinski definition) is 2. The summed E-state index contributed by atoms with van der Waals surface area (Å²) < 4.78 is 6.94. The van der Waals surface area contributed by atoms with E-state index in [2.05, 4.69) is 12.1 Å². The zero-order chi connectivity index (χ0) is 11.1. The fraction of sp³-hybridized carbons (Fsp3) is 0.417. The molecular weight excluding hydrogens is 291 g/mol. The normalized spacial score (nSPS) is 36.9. The molecule has 0 N–H and O–H groups in total. The number of fused-ring (bicyclic) bond motifs is 2. The van der Waals surface area contributed by atoms with Crippen LogP contribution in [-0.4, -0.2) is 38.3 Å². The first-order valence-electron chi connectivity index (χ1n) is 5.29. The first-order valence-corrected chi connectivity index (χ1v) is 7.58. The predicted molar refractivity (Wildman–Crippen MR) is 63.5 cm³/mol. The number of ether oxygens (including phenoxy) is 1. The van der Waals surface area contributed by atoms with Crippen molar-refractivity contribution in [1.29, 1.82) is 0 Å². The maximum atomic E-state index is 11.4. The molecule has 2 aliphatic rings. The third kappa shape index (κ3) is 1.72. The van der Waals surface area contributed by atoms with Crippen molar-refractivity contribution in [2.24, 2.45) is 0 Å². The van der Waals surface area contributed by atoms with E-state index in [1.165, 1.54) is 4.46 Å². The van der Waals surface area contributed by atoms with Gasteiger partial charge in [0.15, 0.2) is 0 Å². The predicted octanol–water partition coefficient (Wildman–Crippen LogP) is 1.15. The van der Waals surface area contributed by atoms with Crippen LogP contribution in [0.4, 0.5) is 0 Å². The van der Waals surface area contributed by atoms with Crippen molar-refractivity contribution in [3.8, 4) is 0 Å². The Kier molecular flexibility index (Phi) is 2.80. The molecule has 0 saturated carbocycles. The van der Waals surface area contributed by atoms with E-state index >= 15 is 0 Å². The Balaban J connectivity index is 1.76. The Labute approximate surface area is 105 Å². The van der Waals surface area contributed by atoms with Crippen LogP contribution in [0.2, 0.25) is 4.82 Å². The molecule has 1 aromatic carbocycles. The molecule has 2 aliphatic heterocycles. The summed E-state index contributed by atoms with van der Waals surface area (Å²) in [5.74, 6) is 0.185. The zero-order valence-corrected chi connectivity index (χ0v) is 11.0. The number of benzene rings is 1. The molecule has 2 nitrogen and oxygen atoms in total. The monoisotopic (exact) mass is 302 g/mol. The molecule has 0 aliphatic carbocycles. The van der Waals surface area contributed by atoms with Gasteiger partial charge in [0.25, 0.3) is 0 Å². The van der Waals surface area contributed by atoms with Crippen LogP contribution in [0.5, 0.6) is 0 Å². The van der Waals surface area contributed by atoms with Crippen molar-refractivity contribution in [2.45, 2.75) is 28.8 Å². The molecule has 16 heavy (non-hydrogen) atoms. The van der Waals surface area contributed by atoms with Gasteiger partial charge in [-0.05, 0) is 0 Å². The summed E-state index contributed by atoms with van der Waals surface area (Å²) in [5, 5.41) is -0.119. The quantitative estimate of drug-likeness (QED) is 0.605. The maximum absolute atomic E-state index is 11.4. The molecule has 3 rings (SSSR count). The van der Waals surface area contributed by atoms with Gasteiger partial charge in [-0.25, -0.2) is 0 Å². The first kappa shape index (κ1) is 10.8. The van der Waals surface area contributed by atoms with Crippen LogP contribution >= 0.6 is 11.6 Å². The van der Waals surface area contributed by atoms with Crippen LogP contribution in [0.1, 0.15) is 6.42 Å². The molecule has 0 aromatic heterocycles. The summed E-state index contributed by atoms with van der Waals surface area (Å²) in [6.07, 6.45) is 0.301. The fourth-order valence-corrected chi connectivity index (χ4v) is 5.42.